The molecule has 5 nitrogen and oxygen atoms in total. The lowest BCUT2D eigenvalue weighted by Crippen LogP contribution is -2.59. The number of ether oxygens (including phenoxy) is 1. The molecule has 0 saturated carbocycles. The molecule has 2 heterocycles. The van der Waals surface area contributed by atoms with Gasteiger partial charge in [0, 0.05) is 6.54 Å². The summed E-state index contributed by atoms with van der Waals surface area (Å²) in [7, 11) is -3.08. The van der Waals surface area contributed by atoms with Crippen molar-refractivity contribution in [2.75, 3.05) is 18.9 Å². The Kier molecular flexibility index (Phi) is 2.96. The molecule has 2 atom stereocenters. The van der Waals surface area contributed by atoms with Crippen molar-refractivity contribution in [1.82, 2.24) is 5.32 Å². The van der Waals surface area contributed by atoms with E-state index in [0.717, 1.165) is 12.8 Å². The Bertz CT molecular complexity index is 380. The second-order valence-corrected chi connectivity index (χ2v) is 7.03. The van der Waals surface area contributed by atoms with Gasteiger partial charge in [0.15, 0.2) is 9.84 Å². The van der Waals surface area contributed by atoms with Crippen LogP contribution in [0.2, 0.25) is 0 Å². The summed E-state index contributed by atoms with van der Waals surface area (Å²) >= 11 is 0. The van der Waals surface area contributed by atoms with E-state index in [4.69, 9.17) is 4.74 Å². The van der Waals surface area contributed by atoms with E-state index in [1.165, 1.54) is 0 Å². The summed E-state index contributed by atoms with van der Waals surface area (Å²) in [6.45, 7) is 2.03. The van der Waals surface area contributed by atoms with E-state index in [-0.39, 0.29) is 24.8 Å². The molecule has 0 radical (unpaired) electrons. The first-order chi connectivity index (χ1) is 7.44. The van der Waals surface area contributed by atoms with Crippen molar-refractivity contribution < 1.29 is 17.9 Å². The fraction of sp³-hybridized carbons (Fsp3) is 0.900. The maximum atomic E-state index is 12.0. The van der Waals surface area contributed by atoms with Crippen molar-refractivity contribution in [3.05, 3.63) is 0 Å². The van der Waals surface area contributed by atoms with Gasteiger partial charge in [-0.2, -0.15) is 0 Å². The minimum atomic E-state index is -3.08. The normalized spacial score (nSPS) is 39.1. The summed E-state index contributed by atoms with van der Waals surface area (Å²) < 4.78 is 29.4. The summed E-state index contributed by atoms with van der Waals surface area (Å²) in [5.74, 6) is 0.0653. The molecule has 1 amide bonds. The third-order valence-corrected chi connectivity index (χ3v) is 5.89. The van der Waals surface area contributed by atoms with Crippen LogP contribution in [0.4, 0.5) is 0 Å². The van der Waals surface area contributed by atoms with E-state index < -0.39 is 20.7 Å². The van der Waals surface area contributed by atoms with Gasteiger partial charge < -0.3 is 10.1 Å². The van der Waals surface area contributed by atoms with Crippen LogP contribution < -0.4 is 5.32 Å². The quantitative estimate of drug-likeness (QED) is 0.700. The third kappa shape index (κ3) is 2.08. The highest BCUT2D eigenvalue weighted by molar-refractivity contribution is 7.92. The summed E-state index contributed by atoms with van der Waals surface area (Å²) in [4.78, 5) is 11.0. The molecule has 2 unspecified atom stereocenters. The van der Waals surface area contributed by atoms with Crippen LogP contribution >= 0.6 is 0 Å². The lowest BCUT2D eigenvalue weighted by atomic mass is 9.95. The molecule has 2 aliphatic heterocycles. The molecule has 0 aromatic carbocycles. The maximum absolute atomic E-state index is 12.0. The van der Waals surface area contributed by atoms with E-state index >= 15 is 0 Å². The van der Waals surface area contributed by atoms with Crippen molar-refractivity contribution in [2.24, 2.45) is 0 Å². The molecule has 1 N–H and O–H groups in total. The van der Waals surface area contributed by atoms with Crippen molar-refractivity contribution in [2.45, 2.75) is 37.0 Å². The lowest BCUT2D eigenvalue weighted by molar-refractivity contribution is -0.142. The van der Waals surface area contributed by atoms with Crippen LogP contribution in [0.15, 0.2) is 0 Å². The minimum absolute atomic E-state index is 0.0392. The highest BCUT2D eigenvalue weighted by Gasteiger charge is 2.46. The van der Waals surface area contributed by atoms with Crippen LogP contribution in [0.3, 0.4) is 0 Å². The summed E-state index contributed by atoms with van der Waals surface area (Å²) in [5.41, 5.74) is -0.757. The van der Waals surface area contributed by atoms with Gasteiger partial charge in [-0.05, 0) is 19.8 Å². The molecule has 16 heavy (non-hydrogen) atoms. The molecule has 2 saturated heterocycles. The van der Waals surface area contributed by atoms with Gasteiger partial charge in [-0.15, -0.1) is 0 Å². The number of carbonyl (C=O) groups excluding carboxylic acids is 1. The van der Waals surface area contributed by atoms with Crippen LogP contribution in [0.1, 0.15) is 26.2 Å². The maximum Gasteiger partial charge on any atom is 0.246 e. The van der Waals surface area contributed by atoms with Crippen LogP contribution in [-0.4, -0.2) is 44.1 Å². The van der Waals surface area contributed by atoms with Gasteiger partial charge >= 0.3 is 0 Å². The molecule has 0 bridgehead atoms. The zero-order chi connectivity index (χ0) is 11.8. The van der Waals surface area contributed by atoms with Crippen LogP contribution in [0, 0.1) is 0 Å². The Hall–Kier alpha value is -0.620. The van der Waals surface area contributed by atoms with Crippen molar-refractivity contribution in [3.8, 4) is 0 Å². The lowest BCUT2D eigenvalue weighted by Gasteiger charge is -2.41. The zero-order valence-corrected chi connectivity index (χ0v) is 10.2. The fourth-order valence-corrected chi connectivity index (χ4v) is 4.78. The third-order valence-electron chi connectivity index (χ3n) is 3.43. The van der Waals surface area contributed by atoms with Gasteiger partial charge in [0.05, 0.1) is 11.0 Å². The minimum Gasteiger partial charge on any atom is -0.362 e. The topological polar surface area (TPSA) is 72.5 Å². The predicted octanol–water partition coefficient (Wildman–Crippen LogP) is -0.141. The van der Waals surface area contributed by atoms with Gasteiger partial charge in [-0.25, -0.2) is 8.42 Å². The van der Waals surface area contributed by atoms with Crippen LogP contribution in [-0.2, 0) is 19.4 Å². The van der Waals surface area contributed by atoms with E-state index in [0.29, 0.717) is 6.42 Å². The number of sulfone groups is 1. The highest BCUT2D eigenvalue weighted by Crippen LogP contribution is 2.31. The van der Waals surface area contributed by atoms with Gasteiger partial charge in [0.2, 0.25) is 5.91 Å². The molecule has 0 aliphatic carbocycles. The van der Waals surface area contributed by atoms with Crippen LogP contribution in [0.25, 0.3) is 0 Å². The molecule has 0 spiro atoms. The van der Waals surface area contributed by atoms with Gasteiger partial charge in [0.1, 0.15) is 12.2 Å². The highest BCUT2D eigenvalue weighted by atomic mass is 32.2. The second kappa shape index (κ2) is 4.00. The Morgan fingerprint density at radius 2 is 2.19 bits per heavy atom. The van der Waals surface area contributed by atoms with E-state index in [9.17, 15) is 13.2 Å². The molecule has 2 rings (SSSR count). The molecule has 6 heteroatoms. The first kappa shape index (κ1) is 11.9. The second-order valence-electron chi connectivity index (χ2n) is 4.73. The number of rotatable bonds is 1. The number of nitrogens with one attached hydrogen (secondary N) is 1. The molecular weight excluding hydrogens is 230 g/mol. The monoisotopic (exact) mass is 247 g/mol. The first-order valence-corrected chi connectivity index (χ1v) is 7.28. The average Bonchev–Trinajstić information content (AvgIpc) is 2.22. The Balaban J connectivity index is 2.19. The van der Waals surface area contributed by atoms with Crippen molar-refractivity contribution >= 4 is 15.7 Å². The largest absolute Gasteiger partial charge is 0.362 e. The molecule has 0 aromatic heterocycles. The summed E-state index contributed by atoms with van der Waals surface area (Å²) in [6, 6.07) is 0. The number of morpholine rings is 1. The van der Waals surface area contributed by atoms with Crippen molar-refractivity contribution in [3.63, 3.8) is 0 Å². The van der Waals surface area contributed by atoms with E-state index in [1.807, 2.05) is 0 Å². The van der Waals surface area contributed by atoms with Crippen molar-refractivity contribution in [1.29, 1.82) is 0 Å². The molecule has 2 aliphatic rings. The summed E-state index contributed by atoms with van der Waals surface area (Å²) in [6.07, 6.45) is 2.28. The summed E-state index contributed by atoms with van der Waals surface area (Å²) in [5, 5.41) is 2.20. The van der Waals surface area contributed by atoms with E-state index in [1.54, 1.807) is 6.92 Å². The molecule has 0 aromatic rings. The number of hydrogen-bond acceptors (Lipinski definition) is 4. The molecule has 92 valence electrons. The first-order valence-electron chi connectivity index (χ1n) is 5.56. The molecule has 2 fully saturated rings. The zero-order valence-electron chi connectivity index (χ0n) is 9.36. The van der Waals surface area contributed by atoms with Gasteiger partial charge in [0.25, 0.3) is 0 Å². The molecular formula is C10H17NO4S. The van der Waals surface area contributed by atoms with Crippen LogP contribution in [0.5, 0.6) is 0 Å². The average molecular weight is 247 g/mol. The predicted molar refractivity (Wildman–Crippen MR) is 58.8 cm³/mol. The number of amides is 1. The number of carbonyl (C=O) groups is 1. The van der Waals surface area contributed by atoms with Gasteiger partial charge in [-0.1, -0.05) is 6.42 Å². The Morgan fingerprint density at radius 3 is 2.75 bits per heavy atom. The van der Waals surface area contributed by atoms with E-state index in [2.05, 4.69) is 5.32 Å². The Labute approximate surface area is 95.5 Å². The fourth-order valence-electron chi connectivity index (χ4n) is 2.45. The SMILES string of the molecule is CC1(C2CCCCS2(=O)=O)CNC(=O)CO1. The standard InChI is InChI=1S/C10H17NO4S/c1-10(7-11-9(12)6-15-10)8-4-2-3-5-16(8,13)14/h8H,2-7H2,1H3,(H,11,12). The Morgan fingerprint density at radius 1 is 1.44 bits per heavy atom. The smallest absolute Gasteiger partial charge is 0.246 e. The van der Waals surface area contributed by atoms with Gasteiger partial charge in [-0.3, -0.25) is 4.79 Å². The number of hydrogen-bond donors (Lipinski definition) is 1.